The number of hydrogen-bond acceptors (Lipinski definition) is 3. The standard InChI is InChI=1S/C9H18O3/c1-3-4-9(5-6-10)11-7-8(2)12-9/h8,10H,3-7H2,1-2H3. The molecule has 1 saturated heterocycles. The first-order valence-corrected chi connectivity index (χ1v) is 4.65. The highest BCUT2D eigenvalue weighted by Crippen LogP contribution is 2.31. The number of aliphatic hydroxyl groups excluding tert-OH is 1. The summed E-state index contributed by atoms with van der Waals surface area (Å²) in [6, 6.07) is 0. The maximum absolute atomic E-state index is 8.84. The van der Waals surface area contributed by atoms with Crippen molar-refractivity contribution in [2.24, 2.45) is 0 Å². The van der Waals surface area contributed by atoms with Crippen molar-refractivity contribution in [3.63, 3.8) is 0 Å². The zero-order valence-corrected chi connectivity index (χ0v) is 7.88. The fourth-order valence-corrected chi connectivity index (χ4v) is 1.64. The van der Waals surface area contributed by atoms with E-state index >= 15 is 0 Å². The van der Waals surface area contributed by atoms with Crippen LogP contribution in [0.5, 0.6) is 0 Å². The van der Waals surface area contributed by atoms with Crippen LogP contribution in [0, 0.1) is 0 Å². The Kier molecular flexibility index (Phi) is 3.50. The third-order valence-corrected chi connectivity index (χ3v) is 2.12. The van der Waals surface area contributed by atoms with Gasteiger partial charge >= 0.3 is 0 Å². The summed E-state index contributed by atoms with van der Waals surface area (Å²) >= 11 is 0. The molecule has 3 heteroatoms. The van der Waals surface area contributed by atoms with Gasteiger partial charge in [0.25, 0.3) is 0 Å². The third-order valence-electron chi connectivity index (χ3n) is 2.12. The molecule has 1 heterocycles. The van der Waals surface area contributed by atoms with Crippen molar-refractivity contribution < 1.29 is 14.6 Å². The van der Waals surface area contributed by atoms with Gasteiger partial charge in [-0.05, 0) is 6.92 Å². The van der Waals surface area contributed by atoms with Gasteiger partial charge in [0.15, 0.2) is 5.79 Å². The minimum Gasteiger partial charge on any atom is -0.396 e. The summed E-state index contributed by atoms with van der Waals surface area (Å²) in [5.74, 6) is -0.483. The number of hydrogen-bond donors (Lipinski definition) is 1. The van der Waals surface area contributed by atoms with E-state index in [1.54, 1.807) is 0 Å². The van der Waals surface area contributed by atoms with Crippen molar-refractivity contribution in [3.8, 4) is 0 Å². The van der Waals surface area contributed by atoms with E-state index in [1.807, 2.05) is 6.92 Å². The predicted octanol–water partition coefficient (Wildman–Crippen LogP) is 1.30. The molecule has 0 bridgehead atoms. The summed E-state index contributed by atoms with van der Waals surface area (Å²) in [5.41, 5.74) is 0. The Morgan fingerprint density at radius 1 is 1.50 bits per heavy atom. The molecule has 2 atom stereocenters. The molecule has 0 amide bonds. The Morgan fingerprint density at radius 3 is 2.67 bits per heavy atom. The zero-order chi connectivity index (χ0) is 9.03. The second-order valence-corrected chi connectivity index (χ2v) is 3.37. The van der Waals surface area contributed by atoms with Crippen LogP contribution < -0.4 is 0 Å². The van der Waals surface area contributed by atoms with Gasteiger partial charge in [0, 0.05) is 19.4 Å². The van der Waals surface area contributed by atoms with Crippen LogP contribution in [0.3, 0.4) is 0 Å². The molecule has 0 aromatic heterocycles. The average Bonchev–Trinajstić information content (AvgIpc) is 2.34. The zero-order valence-electron chi connectivity index (χ0n) is 7.88. The van der Waals surface area contributed by atoms with Crippen LogP contribution in [-0.2, 0) is 9.47 Å². The van der Waals surface area contributed by atoms with Crippen molar-refractivity contribution in [1.82, 2.24) is 0 Å². The third kappa shape index (κ3) is 2.19. The molecule has 0 aromatic rings. The number of rotatable bonds is 4. The van der Waals surface area contributed by atoms with Crippen molar-refractivity contribution in [1.29, 1.82) is 0 Å². The summed E-state index contributed by atoms with van der Waals surface area (Å²) in [6.45, 7) is 4.87. The van der Waals surface area contributed by atoms with Crippen LogP contribution in [0.4, 0.5) is 0 Å². The number of aliphatic hydroxyl groups is 1. The summed E-state index contributed by atoms with van der Waals surface area (Å²) in [6.07, 6.45) is 2.65. The Hall–Kier alpha value is -0.120. The second-order valence-electron chi connectivity index (χ2n) is 3.37. The van der Waals surface area contributed by atoms with Crippen LogP contribution in [0.25, 0.3) is 0 Å². The molecular weight excluding hydrogens is 156 g/mol. The molecule has 0 saturated carbocycles. The van der Waals surface area contributed by atoms with E-state index in [4.69, 9.17) is 14.6 Å². The SMILES string of the molecule is CCCC1(CCO)OCC(C)O1. The van der Waals surface area contributed by atoms with Gasteiger partial charge in [-0.2, -0.15) is 0 Å². The summed E-state index contributed by atoms with van der Waals surface area (Å²) in [7, 11) is 0. The van der Waals surface area contributed by atoms with Gasteiger partial charge in [-0.25, -0.2) is 0 Å². The lowest BCUT2D eigenvalue weighted by molar-refractivity contribution is -0.180. The molecule has 1 aliphatic heterocycles. The van der Waals surface area contributed by atoms with Gasteiger partial charge in [-0.3, -0.25) is 0 Å². The molecule has 1 rings (SSSR count). The van der Waals surface area contributed by atoms with E-state index in [-0.39, 0.29) is 12.7 Å². The van der Waals surface area contributed by atoms with Crippen LogP contribution >= 0.6 is 0 Å². The van der Waals surface area contributed by atoms with E-state index in [0.717, 1.165) is 12.8 Å². The fourth-order valence-electron chi connectivity index (χ4n) is 1.64. The Bertz CT molecular complexity index is 124. The summed E-state index contributed by atoms with van der Waals surface area (Å²) in [5, 5.41) is 8.84. The van der Waals surface area contributed by atoms with Crippen LogP contribution in [0.15, 0.2) is 0 Å². The molecule has 1 N–H and O–H groups in total. The second kappa shape index (κ2) is 4.21. The molecule has 2 unspecified atom stereocenters. The van der Waals surface area contributed by atoms with Crippen LogP contribution in [-0.4, -0.2) is 30.2 Å². The lowest BCUT2D eigenvalue weighted by Gasteiger charge is -2.26. The van der Waals surface area contributed by atoms with Crippen molar-refractivity contribution in [2.45, 2.75) is 45.0 Å². The van der Waals surface area contributed by atoms with Crippen molar-refractivity contribution in [3.05, 3.63) is 0 Å². The van der Waals surface area contributed by atoms with E-state index < -0.39 is 5.79 Å². The van der Waals surface area contributed by atoms with Crippen molar-refractivity contribution in [2.75, 3.05) is 13.2 Å². The first kappa shape index (κ1) is 9.96. The molecule has 0 radical (unpaired) electrons. The molecule has 12 heavy (non-hydrogen) atoms. The number of ether oxygens (including phenoxy) is 2. The van der Waals surface area contributed by atoms with Gasteiger partial charge in [0.2, 0.25) is 0 Å². The van der Waals surface area contributed by atoms with Gasteiger partial charge < -0.3 is 14.6 Å². The van der Waals surface area contributed by atoms with E-state index in [2.05, 4.69) is 6.92 Å². The molecule has 1 fully saturated rings. The normalized spacial score (nSPS) is 35.8. The summed E-state index contributed by atoms with van der Waals surface area (Å²) < 4.78 is 11.2. The molecule has 1 aliphatic rings. The molecule has 0 aromatic carbocycles. The minimum absolute atomic E-state index is 0.132. The smallest absolute Gasteiger partial charge is 0.171 e. The topological polar surface area (TPSA) is 38.7 Å². The predicted molar refractivity (Wildman–Crippen MR) is 45.8 cm³/mol. The minimum atomic E-state index is -0.483. The lowest BCUT2D eigenvalue weighted by Crippen LogP contribution is -2.31. The molecule has 72 valence electrons. The first-order chi connectivity index (χ1) is 5.72. The van der Waals surface area contributed by atoms with Gasteiger partial charge in [0.05, 0.1) is 12.7 Å². The van der Waals surface area contributed by atoms with E-state index in [1.165, 1.54) is 0 Å². The fraction of sp³-hybridized carbons (Fsp3) is 1.00. The van der Waals surface area contributed by atoms with E-state index in [9.17, 15) is 0 Å². The first-order valence-electron chi connectivity index (χ1n) is 4.65. The Morgan fingerprint density at radius 2 is 2.25 bits per heavy atom. The van der Waals surface area contributed by atoms with Crippen LogP contribution in [0.2, 0.25) is 0 Å². The molecule has 0 aliphatic carbocycles. The lowest BCUT2D eigenvalue weighted by atomic mass is 10.1. The Labute approximate surface area is 73.7 Å². The summed E-state index contributed by atoms with van der Waals surface area (Å²) in [4.78, 5) is 0. The largest absolute Gasteiger partial charge is 0.396 e. The maximum atomic E-state index is 8.84. The quantitative estimate of drug-likeness (QED) is 0.698. The monoisotopic (exact) mass is 174 g/mol. The van der Waals surface area contributed by atoms with Gasteiger partial charge in [-0.1, -0.05) is 13.3 Å². The average molecular weight is 174 g/mol. The molecular formula is C9H18O3. The molecule has 0 spiro atoms. The maximum Gasteiger partial charge on any atom is 0.171 e. The van der Waals surface area contributed by atoms with Gasteiger partial charge in [0.1, 0.15) is 0 Å². The van der Waals surface area contributed by atoms with Crippen LogP contribution in [0.1, 0.15) is 33.1 Å². The van der Waals surface area contributed by atoms with Crippen molar-refractivity contribution >= 4 is 0 Å². The van der Waals surface area contributed by atoms with E-state index in [0.29, 0.717) is 13.0 Å². The Balaban J connectivity index is 2.48. The highest BCUT2D eigenvalue weighted by molar-refractivity contribution is 4.76. The van der Waals surface area contributed by atoms with Gasteiger partial charge in [-0.15, -0.1) is 0 Å². The highest BCUT2D eigenvalue weighted by Gasteiger charge is 2.38. The molecule has 3 nitrogen and oxygen atoms in total. The highest BCUT2D eigenvalue weighted by atomic mass is 16.7.